The molecule has 0 spiro atoms. The first-order chi connectivity index (χ1) is 8.99. The molecular weight excluding hydrogens is 249 g/mol. The lowest BCUT2D eigenvalue weighted by Crippen LogP contribution is -2.12. The van der Waals surface area contributed by atoms with Crippen molar-refractivity contribution in [2.45, 2.75) is 6.92 Å². The summed E-state index contributed by atoms with van der Waals surface area (Å²) < 4.78 is 13.3. The van der Waals surface area contributed by atoms with Gasteiger partial charge in [0.15, 0.2) is 0 Å². The lowest BCUT2D eigenvalue weighted by Gasteiger charge is -2.09. The Hall–Kier alpha value is -2.56. The monoisotopic (exact) mass is 261 g/mol. The highest BCUT2D eigenvalue weighted by Crippen LogP contribution is 2.27. The van der Waals surface area contributed by atoms with Gasteiger partial charge in [-0.3, -0.25) is 4.79 Å². The van der Waals surface area contributed by atoms with Gasteiger partial charge in [0.05, 0.1) is 0 Å². The van der Waals surface area contributed by atoms with Gasteiger partial charge >= 0.3 is 0 Å². The first-order valence-electron chi connectivity index (χ1n) is 5.57. The maximum absolute atomic E-state index is 13.3. The summed E-state index contributed by atoms with van der Waals surface area (Å²) in [7, 11) is 0. The van der Waals surface area contributed by atoms with E-state index in [2.05, 4.69) is 5.32 Å². The molecule has 1 amide bonds. The van der Waals surface area contributed by atoms with Crippen LogP contribution in [0.25, 0.3) is 0 Å². The number of phenols is 2. The fourth-order valence-corrected chi connectivity index (χ4v) is 1.63. The van der Waals surface area contributed by atoms with Gasteiger partial charge in [-0.05, 0) is 36.8 Å². The topological polar surface area (TPSA) is 69.6 Å². The predicted octanol–water partition coefficient (Wildman–Crippen LogP) is 2.80. The number of hydrogen-bond acceptors (Lipinski definition) is 3. The van der Waals surface area contributed by atoms with Crippen molar-refractivity contribution in [3.63, 3.8) is 0 Å². The van der Waals surface area contributed by atoms with Gasteiger partial charge < -0.3 is 15.5 Å². The summed E-state index contributed by atoms with van der Waals surface area (Å²) in [5.74, 6) is -1.84. The van der Waals surface area contributed by atoms with Gasteiger partial charge in [0.1, 0.15) is 22.9 Å². The minimum atomic E-state index is -0.709. The maximum Gasteiger partial charge on any atom is 0.263 e. The minimum Gasteiger partial charge on any atom is -0.507 e. The summed E-state index contributed by atoms with van der Waals surface area (Å²) >= 11 is 0. The molecule has 0 unspecified atom stereocenters. The van der Waals surface area contributed by atoms with E-state index in [9.17, 15) is 19.4 Å². The molecule has 0 fully saturated rings. The molecule has 0 aliphatic carbocycles. The molecule has 2 aromatic carbocycles. The zero-order valence-electron chi connectivity index (χ0n) is 10.1. The van der Waals surface area contributed by atoms with Gasteiger partial charge in [0.2, 0.25) is 0 Å². The molecule has 0 bridgehead atoms. The van der Waals surface area contributed by atoms with Crippen LogP contribution in [0.3, 0.4) is 0 Å². The number of aryl methyl sites for hydroxylation is 1. The molecule has 0 saturated heterocycles. The maximum atomic E-state index is 13.3. The second kappa shape index (κ2) is 4.97. The third kappa shape index (κ3) is 2.65. The van der Waals surface area contributed by atoms with Gasteiger partial charge in [0.25, 0.3) is 5.91 Å². The highest BCUT2D eigenvalue weighted by Gasteiger charge is 2.16. The smallest absolute Gasteiger partial charge is 0.263 e. The van der Waals surface area contributed by atoms with E-state index in [1.54, 1.807) is 6.92 Å². The van der Waals surface area contributed by atoms with Gasteiger partial charge in [-0.1, -0.05) is 12.1 Å². The fraction of sp³-hybridized carbons (Fsp3) is 0.0714. The second-order valence-electron chi connectivity index (χ2n) is 4.09. The van der Waals surface area contributed by atoms with Crippen molar-refractivity contribution < 1.29 is 19.4 Å². The van der Waals surface area contributed by atoms with Crippen LogP contribution in [0.2, 0.25) is 0 Å². The zero-order valence-corrected chi connectivity index (χ0v) is 10.1. The number of phenolic OH excluding ortho intramolecular Hbond substituents is 2. The summed E-state index contributed by atoms with van der Waals surface area (Å²) in [5, 5.41) is 21.5. The summed E-state index contributed by atoms with van der Waals surface area (Å²) in [6, 6.07) is 8.20. The second-order valence-corrected chi connectivity index (χ2v) is 4.09. The van der Waals surface area contributed by atoms with E-state index in [-0.39, 0.29) is 22.7 Å². The van der Waals surface area contributed by atoms with Crippen LogP contribution in [0, 0.1) is 12.7 Å². The van der Waals surface area contributed by atoms with E-state index < -0.39 is 11.7 Å². The molecule has 5 heteroatoms. The van der Waals surface area contributed by atoms with Crippen molar-refractivity contribution in [1.29, 1.82) is 0 Å². The number of nitrogens with one attached hydrogen (secondary N) is 1. The average Bonchev–Trinajstić information content (AvgIpc) is 2.33. The van der Waals surface area contributed by atoms with Crippen LogP contribution in [0.5, 0.6) is 11.5 Å². The molecule has 0 aliphatic heterocycles. The Labute approximate surface area is 109 Å². The number of rotatable bonds is 2. The van der Waals surface area contributed by atoms with Crippen molar-refractivity contribution in [3.05, 3.63) is 53.3 Å². The van der Waals surface area contributed by atoms with Gasteiger partial charge in [-0.25, -0.2) is 4.39 Å². The molecule has 0 aromatic heterocycles. The van der Waals surface area contributed by atoms with E-state index >= 15 is 0 Å². The number of aromatic hydroxyl groups is 2. The largest absolute Gasteiger partial charge is 0.507 e. The van der Waals surface area contributed by atoms with E-state index in [0.29, 0.717) is 5.56 Å². The average molecular weight is 261 g/mol. The number of anilines is 1. The van der Waals surface area contributed by atoms with Crippen LogP contribution >= 0.6 is 0 Å². The highest BCUT2D eigenvalue weighted by atomic mass is 19.1. The summed E-state index contributed by atoms with van der Waals surface area (Å²) in [6.07, 6.45) is 0. The van der Waals surface area contributed by atoms with Crippen LogP contribution in [0.4, 0.5) is 10.1 Å². The Kier molecular flexibility index (Phi) is 3.37. The number of benzene rings is 2. The first kappa shape index (κ1) is 12.9. The molecule has 19 heavy (non-hydrogen) atoms. The van der Waals surface area contributed by atoms with Gasteiger partial charge in [-0.2, -0.15) is 0 Å². The molecule has 0 saturated carbocycles. The molecule has 2 rings (SSSR count). The molecule has 0 aliphatic rings. The predicted molar refractivity (Wildman–Crippen MR) is 68.9 cm³/mol. The molecule has 0 heterocycles. The van der Waals surface area contributed by atoms with Crippen LogP contribution in [-0.4, -0.2) is 16.1 Å². The fourth-order valence-electron chi connectivity index (χ4n) is 1.63. The lowest BCUT2D eigenvalue weighted by atomic mass is 10.1. The standard InChI is InChI=1S/C14H12FNO3/c1-8-5-6-9(7-10(8)15)16-14(19)13-11(17)3-2-4-12(13)18/h2-7,17-18H,1H3,(H,16,19). The molecule has 2 aromatic rings. The lowest BCUT2D eigenvalue weighted by molar-refractivity contribution is 0.102. The van der Waals surface area contributed by atoms with Crippen molar-refractivity contribution in [3.8, 4) is 11.5 Å². The SMILES string of the molecule is Cc1ccc(NC(=O)c2c(O)cccc2O)cc1F. The Morgan fingerprint density at radius 1 is 1.16 bits per heavy atom. The summed E-state index contributed by atoms with van der Waals surface area (Å²) in [4.78, 5) is 11.9. The van der Waals surface area contributed by atoms with Crippen molar-refractivity contribution >= 4 is 11.6 Å². The van der Waals surface area contributed by atoms with Crippen LogP contribution in [-0.2, 0) is 0 Å². The number of carbonyl (C=O) groups is 1. The first-order valence-corrected chi connectivity index (χ1v) is 5.57. The van der Waals surface area contributed by atoms with Crippen LogP contribution < -0.4 is 5.32 Å². The summed E-state index contributed by atoms with van der Waals surface area (Å²) in [5.41, 5.74) is 0.461. The molecule has 98 valence electrons. The minimum absolute atomic E-state index is 0.246. The molecule has 0 radical (unpaired) electrons. The van der Waals surface area contributed by atoms with Gasteiger partial charge in [-0.15, -0.1) is 0 Å². The molecule has 3 N–H and O–H groups in total. The Balaban J connectivity index is 2.28. The van der Waals surface area contributed by atoms with Crippen LogP contribution in [0.15, 0.2) is 36.4 Å². The van der Waals surface area contributed by atoms with Crippen molar-refractivity contribution in [1.82, 2.24) is 0 Å². The molecule has 0 atom stereocenters. The van der Waals surface area contributed by atoms with E-state index in [1.807, 2.05) is 0 Å². The zero-order chi connectivity index (χ0) is 14.0. The van der Waals surface area contributed by atoms with E-state index in [1.165, 1.54) is 36.4 Å². The molecule has 4 nitrogen and oxygen atoms in total. The van der Waals surface area contributed by atoms with Crippen molar-refractivity contribution in [2.75, 3.05) is 5.32 Å². The summed E-state index contributed by atoms with van der Waals surface area (Å²) in [6.45, 7) is 1.61. The van der Waals surface area contributed by atoms with Crippen molar-refractivity contribution in [2.24, 2.45) is 0 Å². The number of hydrogen-bond donors (Lipinski definition) is 3. The quantitative estimate of drug-likeness (QED) is 0.778. The van der Waals surface area contributed by atoms with Gasteiger partial charge in [0, 0.05) is 5.69 Å². The normalized spacial score (nSPS) is 10.2. The van der Waals surface area contributed by atoms with E-state index in [4.69, 9.17) is 0 Å². The number of carbonyl (C=O) groups excluding carboxylic acids is 1. The number of amides is 1. The Morgan fingerprint density at radius 3 is 2.37 bits per heavy atom. The van der Waals surface area contributed by atoms with E-state index in [0.717, 1.165) is 0 Å². The third-order valence-electron chi connectivity index (χ3n) is 2.68. The van der Waals surface area contributed by atoms with Crippen LogP contribution in [0.1, 0.15) is 15.9 Å². The highest BCUT2D eigenvalue weighted by molar-refractivity contribution is 6.08. The number of halogens is 1. The Morgan fingerprint density at radius 2 is 1.79 bits per heavy atom. The third-order valence-corrected chi connectivity index (χ3v) is 2.68. The Bertz CT molecular complexity index is 620. The molecular formula is C14H12FNO3.